The Kier molecular flexibility index (Phi) is 10.3. The molecule has 0 amide bonds. The van der Waals surface area contributed by atoms with Gasteiger partial charge in [-0.25, -0.2) is 0 Å². The fourth-order valence-electron chi connectivity index (χ4n) is 16.1. The minimum absolute atomic E-state index is 0.00294. The van der Waals surface area contributed by atoms with Crippen LogP contribution in [0.1, 0.15) is 77.8 Å². The highest BCUT2D eigenvalue weighted by Crippen LogP contribution is 2.64. The van der Waals surface area contributed by atoms with E-state index in [1.165, 1.54) is 16.7 Å². The fraction of sp³-hybridized carbons (Fsp3) is 0.239. The second kappa shape index (κ2) is 17.4. The molecule has 0 saturated heterocycles. The molecule has 0 fully saturated rings. The molecular formula is C71H58O9. The number of benzene rings is 7. The van der Waals surface area contributed by atoms with E-state index >= 15 is 0 Å². The maximum atomic E-state index is 11.2. The standard InChI is InChI=1S/C71H58O9/c1-34-35(2)78-57-20-3-36-28-44(72)8-14-50(36)66(57)65(71-55-19-13-49(77)33-56(55)62(34)71)43-26-41(63-67-51-15-9-45(73)29-37(51)4-21-58(67)79-59-22-5-38-30-46(74)10-16-52(38)68(59)63)25-42(27-43)64-69-53-17-11-47(75)31-39(53)6-23-60(69)80-61-24-7-40-32-48(76)12-18-54(40)70(61)64/h3-23,26-29,31-35,42,46,54,56,61-65,70,72-77H,24-25,30H2,1-2H3/t34-,35+,42?,46?,54+,56?,61+,62-,63?,64?,65?,70?/m0/s1. The molecule has 9 nitrogen and oxygen atoms in total. The number of aliphatic hydroxyl groups is 3. The zero-order chi connectivity index (χ0) is 54.0. The van der Waals surface area contributed by atoms with Crippen LogP contribution in [0, 0.1) is 35.5 Å². The summed E-state index contributed by atoms with van der Waals surface area (Å²) in [5.41, 5.74) is 12.0. The first kappa shape index (κ1) is 47.3. The smallest absolute Gasteiger partial charge is 0.132 e. The number of aromatic hydroxyl groups is 3. The van der Waals surface area contributed by atoms with Gasteiger partial charge in [0, 0.05) is 76.5 Å². The van der Waals surface area contributed by atoms with Crippen LogP contribution in [0.5, 0.6) is 40.2 Å². The molecule has 12 atom stereocenters. The second-order valence-corrected chi connectivity index (χ2v) is 23.8. The van der Waals surface area contributed by atoms with Crippen LogP contribution in [-0.2, 0) is 6.42 Å². The van der Waals surface area contributed by atoms with Crippen molar-refractivity contribution in [3.8, 4) is 40.2 Å². The molecule has 80 heavy (non-hydrogen) atoms. The van der Waals surface area contributed by atoms with Gasteiger partial charge < -0.3 is 44.8 Å². The number of ether oxygens (including phenoxy) is 3. The largest absolute Gasteiger partial charge is 0.508 e. The molecule has 7 aromatic carbocycles. The lowest BCUT2D eigenvalue weighted by molar-refractivity contribution is 0.0575. The van der Waals surface area contributed by atoms with Crippen LogP contribution >= 0.6 is 0 Å². The predicted octanol–water partition coefficient (Wildman–Crippen LogP) is 15.2. The van der Waals surface area contributed by atoms with E-state index in [1.807, 2.05) is 78.9 Å². The molecule has 0 saturated carbocycles. The average molecular weight is 1060 g/mol. The highest BCUT2D eigenvalue weighted by atomic mass is 16.5. The van der Waals surface area contributed by atoms with Gasteiger partial charge in [-0.1, -0.05) is 97.5 Å². The van der Waals surface area contributed by atoms with Crippen LogP contribution in [0.15, 0.2) is 203 Å². The van der Waals surface area contributed by atoms with E-state index in [4.69, 9.17) is 14.2 Å². The highest BCUT2D eigenvalue weighted by molar-refractivity contribution is 5.94. The van der Waals surface area contributed by atoms with E-state index in [0.717, 1.165) is 99.8 Å². The Balaban J connectivity index is 1.02. The average Bonchev–Trinajstić information content (AvgIpc) is 3.08. The normalized spacial score (nSPS) is 29.3. The van der Waals surface area contributed by atoms with Crippen LogP contribution in [0.3, 0.4) is 0 Å². The molecule has 0 bridgehead atoms. The minimum atomic E-state index is -0.631. The summed E-state index contributed by atoms with van der Waals surface area (Å²) in [6.45, 7) is 4.44. The molecular weight excluding hydrogens is 997 g/mol. The molecule has 7 aromatic rings. The van der Waals surface area contributed by atoms with Gasteiger partial charge >= 0.3 is 0 Å². The van der Waals surface area contributed by atoms with Crippen molar-refractivity contribution >= 4 is 38.4 Å². The highest BCUT2D eigenvalue weighted by Gasteiger charge is 2.53. The molecule has 9 aliphatic rings. The maximum Gasteiger partial charge on any atom is 0.132 e. The number of phenolic OH excluding ortho intramolecular Hbond substituents is 3. The zero-order valence-electron chi connectivity index (χ0n) is 44.1. The second-order valence-electron chi connectivity index (χ2n) is 23.8. The molecule has 396 valence electrons. The maximum absolute atomic E-state index is 11.2. The lowest BCUT2D eigenvalue weighted by Gasteiger charge is -2.52. The van der Waals surface area contributed by atoms with Crippen molar-refractivity contribution in [1.82, 2.24) is 0 Å². The summed E-state index contributed by atoms with van der Waals surface area (Å²) < 4.78 is 21.6. The number of allylic oxidation sites excluding steroid dienone is 13. The van der Waals surface area contributed by atoms with Crippen LogP contribution < -0.4 is 14.2 Å². The molecule has 16 rings (SSSR count). The van der Waals surface area contributed by atoms with E-state index in [1.54, 1.807) is 18.2 Å². The Hall–Kier alpha value is -8.66. The Morgan fingerprint density at radius 1 is 0.525 bits per heavy atom. The predicted molar refractivity (Wildman–Crippen MR) is 311 cm³/mol. The summed E-state index contributed by atoms with van der Waals surface area (Å²) in [4.78, 5) is 0. The molecule has 7 unspecified atom stereocenters. The van der Waals surface area contributed by atoms with Gasteiger partial charge in [-0.15, -0.1) is 0 Å². The van der Waals surface area contributed by atoms with E-state index in [-0.39, 0.29) is 94.2 Å². The van der Waals surface area contributed by atoms with Gasteiger partial charge in [-0.3, -0.25) is 0 Å². The Morgan fingerprint density at radius 2 is 1.18 bits per heavy atom. The zero-order valence-corrected chi connectivity index (χ0v) is 44.1. The summed E-state index contributed by atoms with van der Waals surface area (Å²) in [5, 5.41) is 72.2. The summed E-state index contributed by atoms with van der Waals surface area (Å²) >= 11 is 0. The van der Waals surface area contributed by atoms with Crippen molar-refractivity contribution in [2.45, 2.75) is 69.2 Å². The molecule has 3 heterocycles. The summed E-state index contributed by atoms with van der Waals surface area (Å²) in [7, 11) is 0. The molecule has 0 aromatic heterocycles. The van der Waals surface area contributed by atoms with Crippen molar-refractivity contribution in [2.75, 3.05) is 0 Å². The van der Waals surface area contributed by atoms with Gasteiger partial charge in [-0.2, -0.15) is 0 Å². The number of fused-ring (bicyclic) bond motifs is 18. The number of phenols is 3. The van der Waals surface area contributed by atoms with E-state index in [2.05, 4.69) is 86.7 Å². The summed E-state index contributed by atoms with van der Waals surface area (Å²) in [5.74, 6) is 2.88. The van der Waals surface area contributed by atoms with E-state index < -0.39 is 6.10 Å². The van der Waals surface area contributed by atoms with Gasteiger partial charge in [0.2, 0.25) is 0 Å². The quantitative estimate of drug-likeness (QED) is 0.102. The summed E-state index contributed by atoms with van der Waals surface area (Å²) in [6.07, 6.45) is 23.8. The van der Waals surface area contributed by atoms with Gasteiger partial charge in [0.25, 0.3) is 0 Å². The van der Waals surface area contributed by atoms with Crippen LogP contribution in [0.2, 0.25) is 0 Å². The third-order valence-electron chi connectivity index (χ3n) is 19.5. The van der Waals surface area contributed by atoms with Gasteiger partial charge in [-0.05, 0) is 176 Å². The summed E-state index contributed by atoms with van der Waals surface area (Å²) in [6, 6.07) is 33.4. The van der Waals surface area contributed by atoms with Crippen molar-refractivity contribution in [3.63, 3.8) is 0 Å². The Morgan fingerprint density at radius 3 is 1.90 bits per heavy atom. The Labute approximate surface area is 462 Å². The molecule has 6 aliphatic carbocycles. The third-order valence-corrected chi connectivity index (χ3v) is 19.5. The first-order valence-electron chi connectivity index (χ1n) is 28.2. The Bertz CT molecular complexity index is 4220. The number of aliphatic hydroxyl groups excluding tert-OH is 3. The van der Waals surface area contributed by atoms with E-state index in [0.29, 0.717) is 19.3 Å². The number of hydrogen-bond donors (Lipinski definition) is 6. The van der Waals surface area contributed by atoms with Crippen molar-refractivity contribution in [1.29, 1.82) is 0 Å². The molecule has 0 spiro atoms. The van der Waals surface area contributed by atoms with Crippen LogP contribution in [0.4, 0.5) is 0 Å². The first-order valence-corrected chi connectivity index (χ1v) is 28.2. The lowest BCUT2D eigenvalue weighted by Crippen LogP contribution is -2.46. The van der Waals surface area contributed by atoms with Crippen molar-refractivity contribution in [3.05, 3.63) is 237 Å². The van der Waals surface area contributed by atoms with Gasteiger partial charge in [0.05, 0.1) is 12.2 Å². The van der Waals surface area contributed by atoms with E-state index in [9.17, 15) is 30.6 Å². The minimum Gasteiger partial charge on any atom is -0.508 e. The van der Waals surface area contributed by atoms with Crippen LogP contribution in [0.25, 0.3) is 38.4 Å². The monoisotopic (exact) mass is 1050 g/mol. The number of hydrogen-bond acceptors (Lipinski definition) is 9. The molecule has 6 N–H and O–H groups in total. The number of rotatable bonds is 3. The molecule has 9 heteroatoms. The van der Waals surface area contributed by atoms with Gasteiger partial charge in [0.1, 0.15) is 57.9 Å². The van der Waals surface area contributed by atoms with Crippen LogP contribution in [-0.4, -0.2) is 49.0 Å². The lowest BCUT2D eigenvalue weighted by atomic mass is 9.54. The fourth-order valence-corrected chi connectivity index (χ4v) is 16.1. The SMILES string of the molecule is C[C@@H]1[C@@H]2C(=C3C=CC(O)=CC32)C(C2=CC(C3c4c(ccc5cc(O)ccc45)O[C@@H]4CC=C5C=C(O)C=C[C@H]5C34)CC(C3c4c(ccc5c4C=CC(O)C5)Oc4ccc5cc(O)ccc5c43)=C2)c2c(ccc3cc(O)ccc23)O[C@@H]1C. The topological polar surface area (TPSA) is 149 Å². The van der Waals surface area contributed by atoms with Crippen molar-refractivity contribution < 1.29 is 44.8 Å². The van der Waals surface area contributed by atoms with Crippen molar-refractivity contribution in [2.24, 2.45) is 35.5 Å². The first-order chi connectivity index (χ1) is 38.9. The van der Waals surface area contributed by atoms with Gasteiger partial charge in [0.15, 0.2) is 0 Å². The third kappa shape index (κ3) is 7.05. The molecule has 3 aliphatic heterocycles. The molecule has 0 radical (unpaired) electrons.